The second kappa shape index (κ2) is 4.85. The molecular weight excluding hydrogens is 222 g/mol. The smallest absolute Gasteiger partial charge is 0.0650 e. The summed E-state index contributed by atoms with van der Waals surface area (Å²) in [6.45, 7) is 2.29. The van der Waals surface area contributed by atoms with Gasteiger partial charge in [0.15, 0.2) is 0 Å². The lowest BCUT2D eigenvalue weighted by Gasteiger charge is -2.22. The van der Waals surface area contributed by atoms with Crippen molar-refractivity contribution >= 4 is 23.3 Å². The molecule has 1 aliphatic rings. The first-order valence-corrected chi connectivity index (χ1v) is 5.57. The Bertz CT molecular complexity index is 460. The summed E-state index contributed by atoms with van der Waals surface area (Å²) in [6.07, 6.45) is 4.41. The van der Waals surface area contributed by atoms with Gasteiger partial charge in [-0.25, -0.2) is 0 Å². The molecule has 1 aromatic carbocycles. The van der Waals surface area contributed by atoms with Crippen molar-refractivity contribution in [2.45, 2.75) is 18.8 Å². The average molecular weight is 238 g/mol. The molecule has 0 saturated carbocycles. The molecular formula is C12H16ClN3. The molecule has 2 aromatic rings. The van der Waals surface area contributed by atoms with Crippen LogP contribution in [0.4, 0.5) is 0 Å². The second-order valence-corrected chi connectivity index (χ2v) is 4.24. The van der Waals surface area contributed by atoms with E-state index in [4.69, 9.17) is 0 Å². The number of rotatable bonds is 1. The quantitative estimate of drug-likeness (QED) is 0.800. The van der Waals surface area contributed by atoms with Crippen molar-refractivity contribution in [1.29, 1.82) is 0 Å². The number of piperidine rings is 1. The maximum atomic E-state index is 4.05. The highest BCUT2D eigenvalue weighted by molar-refractivity contribution is 5.85. The first-order valence-electron chi connectivity index (χ1n) is 5.57. The van der Waals surface area contributed by atoms with Gasteiger partial charge in [-0.1, -0.05) is 6.07 Å². The van der Waals surface area contributed by atoms with E-state index in [0.717, 1.165) is 24.5 Å². The zero-order chi connectivity index (χ0) is 10.1. The van der Waals surface area contributed by atoms with E-state index in [1.165, 1.54) is 23.8 Å². The number of fused-ring (bicyclic) bond motifs is 1. The van der Waals surface area contributed by atoms with Gasteiger partial charge in [-0.05, 0) is 49.5 Å². The number of nitrogens with one attached hydrogen (secondary N) is 2. The molecule has 2 heterocycles. The second-order valence-electron chi connectivity index (χ2n) is 4.24. The summed E-state index contributed by atoms with van der Waals surface area (Å²) in [5.41, 5.74) is 2.60. The van der Waals surface area contributed by atoms with E-state index in [-0.39, 0.29) is 12.4 Å². The monoisotopic (exact) mass is 237 g/mol. The normalized spacial score (nSPS) is 17.2. The topological polar surface area (TPSA) is 40.7 Å². The summed E-state index contributed by atoms with van der Waals surface area (Å²) in [5.74, 6) is 0.727. The van der Waals surface area contributed by atoms with Gasteiger partial charge in [0, 0.05) is 5.39 Å². The molecule has 0 radical (unpaired) electrons. The predicted molar refractivity (Wildman–Crippen MR) is 68.2 cm³/mol. The summed E-state index contributed by atoms with van der Waals surface area (Å²) in [7, 11) is 0. The fraction of sp³-hybridized carbons (Fsp3) is 0.417. The van der Waals surface area contributed by atoms with Gasteiger partial charge in [-0.2, -0.15) is 5.10 Å². The molecule has 1 saturated heterocycles. The minimum Gasteiger partial charge on any atom is -0.317 e. The van der Waals surface area contributed by atoms with Gasteiger partial charge in [0.25, 0.3) is 0 Å². The Kier molecular flexibility index (Phi) is 3.46. The number of aromatic amines is 1. The van der Waals surface area contributed by atoms with Crippen LogP contribution in [0.25, 0.3) is 10.9 Å². The molecule has 0 atom stereocenters. The SMILES string of the molecule is Cl.c1cc2[nH]ncc2cc1C1CCNCC1. The van der Waals surface area contributed by atoms with Crippen LogP contribution in [0.1, 0.15) is 24.3 Å². The molecule has 0 unspecified atom stereocenters. The van der Waals surface area contributed by atoms with E-state index in [0.29, 0.717) is 0 Å². The van der Waals surface area contributed by atoms with E-state index in [1.54, 1.807) is 0 Å². The van der Waals surface area contributed by atoms with Crippen LogP contribution in [-0.2, 0) is 0 Å². The predicted octanol–water partition coefficient (Wildman–Crippen LogP) is 2.45. The summed E-state index contributed by atoms with van der Waals surface area (Å²) >= 11 is 0. The van der Waals surface area contributed by atoms with Crippen LogP contribution in [0.3, 0.4) is 0 Å². The standard InChI is InChI=1S/C12H15N3.ClH/c1-2-12-11(8-14-15-12)7-10(1)9-3-5-13-6-4-9;/h1-2,7-9,13H,3-6H2,(H,14,15);1H. The van der Waals surface area contributed by atoms with Crippen LogP contribution in [0, 0.1) is 0 Å². The van der Waals surface area contributed by atoms with Gasteiger partial charge >= 0.3 is 0 Å². The third-order valence-corrected chi connectivity index (χ3v) is 3.27. The van der Waals surface area contributed by atoms with Crippen molar-refractivity contribution in [3.63, 3.8) is 0 Å². The van der Waals surface area contributed by atoms with Gasteiger partial charge in [0.1, 0.15) is 0 Å². The highest BCUT2D eigenvalue weighted by atomic mass is 35.5. The molecule has 0 bridgehead atoms. The van der Waals surface area contributed by atoms with Gasteiger partial charge in [-0.15, -0.1) is 12.4 Å². The summed E-state index contributed by atoms with van der Waals surface area (Å²) in [5, 5.41) is 11.7. The largest absolute Gasteiger partial charge is 0.317 e. The van der Waals surface area contributed by atoms with Crippen molar-refractivity contribution < 1.29 is 0 Å². The highest BCUT2D eigenvalue weighted by Gasteiger charge is 2.15. The molecule has 1 aromatic heterocycles. The van der Waals surface area contributed by atoms with Crippen LogP contribution in [0.5, 0.6) is 0 Å². The third-order valence-electron chi connectivity index (χ3n) is 3.27. The van der Waals surface area contributed by atoms with Crippen LogP contribution in [0.15, 0.2) is 24.4 Å². The maximum Gasteiger partial charge on any atom is 0.0650 e. The van der Waals surface area contributed by atoms with Crippen molar-refractivity contribution in [3.05, 3.63) is 30.0 Å². The minimum absolute atomic E-state index is 0. The van der Waals surface area contributed by atoms with Crippen molar-refractivity contribution in [2.75, 3.05) is 13.1 Å². The molecule has 2 N–H and O–H groups in total. The van der Waals surface area contributed by atoms with Crippen molar-refractivity contribution in [2.24, 2.45) is 0 Å². The van der Waals surface area contributed by atoms with Crippen LogP contribution in [0.2, 0.25) is 0 Å². The van der Waals surface area contributed by atoms with Crippen molar-refractivity contribution in [1.82, 2.24) is 15.5 Å². The van der Waals surface area contributed by atoms with E-state index in [1.807, 2.05) is 6.20 Å². The fourth-order valence-corrected chi connectivity index (χ4v) is 2.37. The molecule has 0 spiro atoms. The molecule has 16 heavy (non-hydrogen) atoms. The van der Waals surface area contributed by atoms with E-state index >= 15 is 0 Å². The number of benzene rings is 1. The zero-order valence-corrected chi connectivity index (χ0v) is 9.89. The van der Waals surface area contributed by atoms with E-state index < -0.39 is 0 Å². The Morgan fingerprint density at radius 3 is 2.81 bits per heavy atom. The fourth-order valence-electron chi connectivity index (χ4n) is 2.37. The van der Waals surface area contributed by atoms with Crippen molar-refractivity contribution in [3.8, 4) is 0 Å². The molecule has 3 nitrogen and oxygen atoms in total. The number of hydrogen-bond acceptors (Lipinski definition) is 2. The van der Waals surface area contributed by atoms with E-state index in [9.17, 15) is 0 Å². The van der Waals surface area contributed by atoms with Crippen LogP contribution >= 0.6 is 12.4 Å². The van der Waals surface area contributed by atoms with Gasteiger partial charge in [-0.3, -0.25) is 5.10 Å². The molecule has 1 fully saturated rings. The Morgan fingerprint density at radius 2 is 2.00 bits per heavy atom. The number of aromatic nitrogens is 2. The summed E-state index contributed by atoms with van der Waals surface area (Å²) in [6, 6.07) is 6.64. The first-order chi connectivity index (χ1) is 7.43. The molecule has 86 valence electrons. The third kappa shape index (κ3) is 2.06. The Morgan fingerprint density at radius 1 is 1.19 bits per heavy atom. The Balaban J connectivity index is 0.000000963. The van der Waals surface area contributed by atoms with Crippen LogP contribution in [-0.4, -0.2) is 23.3 Å². The summed E-state index contributed by atoms with van der Waals surface area (Å²) in [4.78, 5) is 0. The summed E-state index contributed by atoms with van der Waals surface area (Å²) < 4.78 is 0. The Labute approximate surface area is 101 Å². The maximum absolute atomic E-state index is 4.05. The molecule has 1 aliphatic heterocycles. The lowest BCUT2D eigenvalue weighted by atomic mass is 9.90. The van der Waals surface area contributed by atoms with Gasteiger partial charge < -0.3 is 5.32 Å². The number of hydrogen-bond donors (Lipinski definition) is 2. The Hall–Kier alpha value is -1.06. The average Bonchev–Trinajstić information content (AvgIpc) is 2.77. The van der Waals surface area contributed by atoms with Crippen LogP contribution < -0.4 is 5.32 Å². The molecule has 0 amide bonds. The van der Waals surface area contributed by atoms with Gasteiger partial charge in [0.2, 0.25) is 0 Å². The minimum atomic E-state index is 0. The number of halogens is 1. The zero-order valence-electron chi connectivity index (χ0n) is 9.07. The molecule has 4 heteroatoms. The first kappa shape index (κ1) is 11.4. The van der Waals surface area contributed by atoms with E-state index in [2.05, 4.69) is 33.7 Å². The molecule has 0 aliphatic carbocycles. The molecule has 3 rings (SSSR count). The highest BCUT2D eigenvalue weighted by Crippen LogP contribution is 2.27. The number of H-pyrrole nitrogens is 1. The number of nitrogens with zero attached hydrogens (tertiary/aromatic N) is 1. The lowest BCUT2D eigenvalue weighted by molar-refractivity contribution is 0.460. The lowest BCUT2D eigenvalue weighted by Crippen LogP contribution is -2.26. The van der Waals surface area contributed by atoms with Gasteiger partial charge in [0.05, 0.1) is 11.7 Å².